The number of likely N-dealkylation sites (N-methyl/N-ethyl adjacent to an activating group) is 1. The fraction of sp³-hybridized carbons (Fsp3) is 0.529. The van der Waals surface area contributed by atoms with E-state index in [1.54, 1.807) is 25.1 Å². The van der Waals surface area contributed by atoms with Crippen molar-refractivity contribution in [3.8, 4) is 6.07 Å². The number of piperidine rings is 1. The molecule has 3 aliphatic rings. The number of carbonyl (C=O) groups excluding carboxylic acids is 2. The molecule has 0 saturated carbocycles. The molecule has 0 radical (unpaired) electrons. The van der Waals surface area contributed by atoms with E-state index in [2.05, 4.69) is 16.0 Å². The third-order valence-corrected chi connectivity index (χ3v) is 4.77. The lowest BCUT2D eigenvalue weighted by atomic mass is 9.94. The predicted molar refractivity (Wildman–Crippen MR) is 88.1 cm³/mol. The van der Waals surface area contributed by atoms with Crippen molar-refractivity contribution >= 4 is 17.6 Å². The van der Waals surface area contributed by atoms with E-state index in [-0.39, 0.29) is 30.3 Å². The van der Waals surface area contributed by atoms with Gasteiger partial charge in [-0.3, -0.25) is 9.59 Å². The number of hydrogen-bond acceptors (Lipinski definition) is 5. The molecule has 0 aliphatic carbocycles. The molecule has 0 aromatic carbocycles. The van der Waals surface area contributed by atoms with Crippen molar-refractivity contribution in [3.05, 3.63) is 23.9 Å². The molecule has 3 fully saturated rings. The van der Waals surface area contributed by atoms with Gasteiger partial charge in [0.05, 0.1) is 5.92 Å². The van der Waals surface area contributed by atoms with Gasteiger partial charge in [0.25, 0.3) is 0 Å². The number of aromatic nitrogens is 1. The summed E-state index contributed by atoms with van der Waals surface area (Å²) in [4.78, 5) is 34.4. The number of fused-ring (bicyclic) bond motifs is 4. The van der Waals surface area contributed by atoms with E-state index in [9.17, 15) is 9.59 Å². The molecule has 0 N–H and O–H groups in total. The Labute approximate surface area is 141 Å². The third kappa shape index (κ3) is 3.04. The molecule has 7 nitrogen and oxygen atoms in total. The maximum atomic E-state index is 12.7. The first-order valence-electron chi connectivity index (χ1n) is 8.12. The van der Waals surface area contributed by atoms with Gasteiger partial charge in [-0.15, -0.1) is 0 Å². The summed E-state index contributed by atoms with van der Waals surface area (Å²) in [5, 5.41) is 9.03. The van der Waals surface area contributed by atoms with Crippen LogP contribution >= 0.6 is 0 Å². The van der Waals surface area contributed by atoms with Crippen LogP contribution in [0.3, 0.4) is 0 Å². The van der Waals surface area contributed by atoms with Crippen molar-refractivity contribution in [2.45, 2.75) is 18.9 Å². The molecule has 0 unspecified atom stereocenters. The fourth-order valence-corrected chi connectivity index (χ4v) is 3.38. The Kier molecular flexibility index (Phi) is 4.38. The maximum Gasteiger partial charge on any atom is 0.241 e. The first-order valence-corrected chi connectivity index (χ1v) is 8.12. The zero-order valence-corrected chi connectivity index (χ0v) is 14.0. The summed E-state index contributed by atoms with van der Waals surface area (Å²) in [5.74, 6) is 0.596. The second kappa shape index (κ2) is 6.48. The van der Waals surface area contributed by atoms with E-state index < -0.39 is 0 Å². The minimum atomic E-state index is -0.119. The molecule has 2 bridgehead atoms. The van der Waals surface area contributed by atoms with Crippen molar-refractivity contribution in [2.24, 2.45) is 5.92 Å². The summed E-state index contributed by atoms with van der Waals surface area (Å²) in [6.45, 7) is 1.36. The number of amides is 2. The van der Waals surface area contributed by atoms with Crippen LogP contribution in [0, 0.1) is 17.2 Å². The smallest absolute Gasteiger partial charge is 0.241 e. The summed E-state index contributed by atoms with van der Waals surface area (Å²) < 4.78 is 0. The van der Waals surface area contributed by atoms with E-state index in [0.717, 1.165) is 18.7 Å². The Morgan fingerprint density at radius 1 is 1.38 bits per heavy atom. The molecule has 1 aromatic heterocycles. The predicted octanol–water partition coefficient (Wildman–Crippen LogP) is 0.469. The van der Waals surface area contributed by atoms with Gasteiger partial charge in [0, 0.05) is 33.2 Å². The Bertz CT molecular complexity index is 696. The average Bonchev–Trinajstić information content (AvgIpc) is 2.87. The molecular weight excluding hydrogens is 306 g/mol. The lowest BCUT2D eigenvalue weighted by Crippen LogP contribution is -2.51. The number of carbonyl (C=O) groups is 2. The molecule has 0 spiro atoms. The van der Waals surface area contributed by atoms with Crippen LogP contribution in [0.4, 0.5) is 5.82 Å². The van der Waals surface area contributed by atoms with Crippen molar-refractivity contribution in [1.29, 1.82) is 5.26 Å². The van der Waals surface area contributed by atoms with Crippen LogP contribution in [0.5, 0.6) is 0 Å². The van der Waals surface area contributed by atoms with E-state index in [0.29, 0.717) is 18.8 Å². The highest BCUT2D eigenvalue weighted by atomic mass is 16.2. The number of hydrogen-bond donors (Lipinski definition) is 0. The van der Waals surface area contributed by atoms with Crippen LogP contribution in [0.15, 0.2) is 18.2 Å². The molecule has 126 valence electrons. The van der Waals surface area contributed by atoms with Crippen molar-refractivity contribution in [3.63, 3.8) is 0 Å². The van der Waals surface area contributed by atoms with Crippen LogP contribution < -0.4 is 4.90 Å². The van der Waals surface area contributed by atoms with Gasteiger partial charge in [-0.05, 0) is 25.0 Å². The topological polar surface area (TPSA) is 80.5 Å². The fourth-order valence-electron chi connectivity index (χ4n) is 3.38. The molecule has 4 heterocycles. The second-order valence-electron chi connectivity index (χ2n) is 6.58. The lowest BCUT2D eigenvalue weighted by molar-refractivity contribution is -0.145. The number of nitriles is 1. The summed E-state index contributed by atoms with van der Waals surface area (Å²) in [6.07, 6.45) is 1.73. The molecule has 3 aliphatic heterocycles. The summed E-state index contributed by atoms with van der Waals surface area (Å²) in [5.41, 5.74) is 0.370. The number of anilines is 1. The standard InChI is InChI=1S/C17H21N5O2/c1-20(2)16(23)11-22-14-7-6-12(17(22)24)9-21(10-14)15-5-3-4-13(8-18)19-15/h3-5,12,14H,6-7,9-11H2,1-2H3/t12-,14+/m0/s1. The van der Waals surface area contributed by atoms with E-state index in [1.165, 1.54) is 4.90 Å². The van der Waals surface area contributed by atoms with Crippen LogP contribution in [0.2, 0.25) is 0 Å². The Morgan fingerprint density at radius 3 is 2.88 bits per heavy atom. The highest BCUT2D eigenvalue weighted by Crippen LogP contribution is 2.31. The Balaban J connectivity index is 1.83. The average molecular weight is 327 g/mol. The van der Waals surface area contributed by atoms with Gasteiger partial charge >= 0.3 is 0 Å². The van der Waals surface area contributed by atoms with Gasteiger partial charge in [-0.1, -0.05) is 6.07 Å². The van der Waals surface area contributed by atoms with E-state index in [1.807, 2.05) is 12.1 Å². The highest BCUT2D eigenvalue weighted by Gasteiger charge is 2.41. The molecule has 4 rings (SSSR count). The summed E-state index contributed by atoms with van der Waals surface area (Å²) in [6, 6.07) is 7.40. The van der Waals surface area contributed by atoms with Gasteiger partial charge in [0.2, 0.25) is 11.8 Å². The van der Waals surface area contributed by atoms with Crippen molar-refractivity contribution < 1.29 is 9.59 Å². The largest absolute Gasteiger partial charge is 0.354 e. The van der Waals surface area contributed by atoms with Crippen LogP contribution in [0.1, 0.15) is 18.5 Å². The molecular formula is C17H21N5O2. The van der Waals surface area contributed by atoms with Crippen molar-refractivity contribution in [1.82, 2.24) is 14.8 Å². The van der Waals surface area contributed by atoms with Gasteiger partial charge in [-0.2, -0.15) is 5.26 Å². The normalized spacial score (nSPS) is 23.0. The van der Waals surface area contributed by atoms with Crippen LogP contribution in [0.25, 0.3) is 0 Å². The number of rotatable bonds is 3. The monoisotopic (exact) mass is 327 g/mol. The van der Waals surface area contributed by atoms with Crippen LogP contribution in [-0.4, -0.2) is 66.4 Å². The van der Waals surface area contributed by atoms with Gasteiger partial charge in [0.1, 0.15) is 24.1 Å². The Morgan fingerprint density at radius 2 is 2.17 bits per heavy atom. The molecule has 7 heteroatoms. The minimum absolute atomic E-state index is 0.00712. The highest BCUT2D eigenvalue weighted by molar-refractivity contribution is 5.87. The van der Waals surface area contributed by atoms with Crippen molar-refractivity contribution in [2.75, 3.05) is 38.6 Å². The molecule has 3 saturated heterocycles. The van der Waals surface area contributed by atoms with Gasteiger partial charge < -0.3 is 14.7 Å². The van der Waals surface area contributed by atoms with Gasteiger partial charge in [-0.25, -0.2) is 4.98 Å². The molecule has 24 heavy (non-hydrogen) atoms. The minimum Gasteiger partial charge on any atom is -0.354 e. The quantitative estimate of drug-likeness (QED) is 0.806. The van der Waals surface area contributed by atoms with Crippen LogP contribution in [-0.2, 0) is 9.59 Å². The molecule has 2 amide bonds. The zero-order chi connectivity index (χ0) is 17.3. The molecule has 1 aromatic rings. The lowest BCUT2D eigenvalue weighted by Gasteiger charge is -2.35. The second-order valence-corrected chi connectivity index (χ2v) is 6.58. The summed E-state index contributed by atoms with van der Waals surface area (Å²) >= 11 is 0. The first kappa shape index (κ1) is 16.2. The number of nitrogens with zero attached hydrogens (tertiary/aromatic N) is 5. The first-order chi connectivity index (χ1) is 11.5. The number of pyridine rings is 1. The SMILES string of the molecule is CN(C)C(=O)CN1C(=O)[C@H]2CC[C@@H]1CN(c1cccc(C#N)n1)C2. The zero-order valence-electron chi connectivity index (χ0n) is 14.0. The summed E-state index contributed by atoms with van der Waals surface area (Å²) in [7, 11) is 3.40. The molecule has 2 atom stereocenters. The van der Waals surface area contributed by atoms with E-state index in [4.69, 9.17) is 5.26 Å². The third-order valence-electron chi connectivity index (χ3n) is 4.77. The maximum absolute atomic E-state index is 12.7. The van der Waals surface area contributed by atoms with E-state index >= 15 is 0 Å². The Hall–Kier alpha value is -2.62. The van der Waals surface area contributed by atoms with Gasteiger partial charge in [0.15, 0.2) is 0 Å².